The number of hydrogen-bond acceptors (Lipinski definition) is 5. The number of rotatable bonds is 5. The number of thiophene rings is 1. The SMILES string of the molecule is CSc1ncccc1C(=O)NC[C@](C)(O)c1cccs1. The summed E-state index contributed by atoms with van der Waals surface area (Å²) in [5.41, 5.74) is -0.534. The Labute approximate surface area is 126 Å². The van der Waals surface area contributed by atoms with Crippen molar-refractivity contribution < 1.29 is 9.90 Å². The maximum Gasteiger partial charge on any atom is 0.254 e. The molecule has 2 aromatic rings. The number of pyridine rings is 1. The van der Waals surface area contributed by atoms with E-state index >= 15 is 0 Å². The third-order valence-corrected chi connectivity index (χ3v) is 4.69. The average molecular weight is 308 g/mol. The first kappa shape index (κ1) is 15.0. The Balaban J connectivity index is 2.06. The second-order valence-electron chi connectivity index (χ2n) is 4.49. The Kier molecular flexibility index (Phi) is 4.80. The van der Waals surface area contributed by atoms with Crippen molar-refractivity contribution in [3.63, 3.8) is 0 Å². The van der Waals surface area contributed by atoms with Crippen LogP contribution in [0.5, 0.6) is 0 Å². The maximum absolute atomic E-state index is 12.2. The molecule has 2 heterocycles. The topological polar surface area (TPSA) is 62.2 Å². The number of carbonyl (C=O) groups is 1. The molecule has 1 atom stereocenters. The van der Waals surface area contributed by atoms with Gasteiger partial charge in [0.2, 0.25) is 0 Å². The van der Waals surface area contributed by atoms with E-state index in [9.17, 15) is 9.90 Å². The highest BCUT2D eigenvalue weighted by Crippen LogP contribution is 2.24. The summed E-state index contributed by atoms with van der Waals surface area (Å²) in [4.78, 5) is 17.2. The summed E-state index contributed by atoms with van der Waals surface area (Å²) < 4.78 is 0. The van der Waals surface area contributed by atoms with Crippen LogP contribution in [0.1, 0.15) is 22.2 Å². The third-order valence-electron chi connectivity index (χ3n) is 2.85. The molecule has 0 bridgehead atoms. The van der Waals surface area contributed by atoms with Crippen molar-refractivity contribution in [1.29, 1.82) is 0 Å². The van der Waals surface area contributed by atoms with Crippen molar-refractivity contribution in [2.75, 3.05) is 12.8 Å². The summed E-state index contributed by atoms with van der Waals surface area (Å²) >= 11 is 2.89. The normalized spacial score (nSPS) is 13.8. The van der Waals surface area contributed by atoms with Crippen LogP contribution in [0.3, 0.4) is 0 Å². The van der Waals surface area contributed by atoms with Gasteiger partial charge in [-0.1, -0.05) is 6.07 Å². The fourth-order valence-electron chi connectivity index (χ4n) is 1.75. The van der Waals surface area contributed by atoms with Gasteiger partial charge in [-0.15, -0.1) is 23.1 Å². The number of nitrogens with zero attached hydrogens (tertiary/aromatic N) is 1. The first-order valence-electron chi connectivity index (χ1n) is 6.08. The number of aliphatic hydroxyl groups is 1. The number of amides is 1. The van der Waals surface area contributed by atoms with Gasteiger partial charge in [0, 0.05) is 11.1 Å². The number of hydrogen-bond donors (Lipinski definition) is 2. The number of aromatic nitrogens is 1. The predicted molar refractivity (Wildman–Crippen MR) is 82.2 cm³/mol. The molecule has 4 nitrogen and oxygen atoms in total. The molecule has 0 saturated carbocycles. The Bertz CT molecular complexity index is 583. The molecule has 0 radical (unpaired) electrons. The molecule has 0 aliphatic rings. The molecule has 6 heteroatoms. The van der Waals surface area contributed by atoms with E-state index in [2.05, 4.69) is 10.3 Å². The lowest BCUT2D eigenvalue weighted by Crippen LogP contribution is -2.38. The van der Waals surface area contributed by atoms with Crippen molar-refractivity contribution in [2.24, 2.45) is 0 Å². The highest BCUT2D eigenvalue weighted by Gasteiger charge is 2.25. The lowest BCUT2D eigenvalue weighted by Gasteiger charge is -2.22. The number of nitrogens with one attached hydrogen (secondary N) is 1. The third kappa shape index (κ3) is 3.39. The monoisotopic (exact) mass is 308 g/mol. The van der Waals surface area contributed by atoms with Gasteiger partial charge in [-0.05, 0) is 36.8 Å². The summed E-state index contributed by atoms with van der Waals surface area (Å²) in [7, 11) is 0. The predicted octanol–water partition coefficient (Wildman–Crippen LogP) is 2.50. The van der Waals surface area contributed by atoms with E-state index in [0.29, 0.717) is 10.6 Å². The zero-order chi connectivity index (χ0) is 14.6. The van der Waals surface area contributed by atoms with Gasteiger partial charge in [-0.25, -0.2) is 4.98 Å². The van der Waals surface area contributed by atoms with Gasteiger partial charge in [-0.3, -0.25) is 4.79 Å². The zero-order valence-electron chi connectivity index (χ0n) is 11.3. The van der Waals surface area contributed by atoms with Crippen molar-refractivity contribution in [3.8, 4) is 0 Å². The smallest absolute Gasteiger partial charge is 0.254 e. The van der Waals surface area contributed by atoms with E-state index in [1.54, 1.807) is 25.3 Å². The molecule has 0 spiro atoms. The summed E-state index contributed by atoms with van der Waals surface area (Å²) in [6.07, 6.45) is 3.53. The van der Waals surface area contributed by atoms with Crippen LogP contribution < -0.4 is 5.32 Å². The van der Waals surface area contributed by atoms with Gasteiger partial charge in [-0.2, -0.15) is 0 Å². The summed E-state index contributed by atoms with van der Waals surface area (Å²) in [6.45, 7) is 1.85. The lowest BCUT2D eigenvalue weighted by atomic mass is 10.1. The van der Waals surface area contributed by atoms with Crippen LogP contribution in [0.15, 0.2) is 40.9 Å². The van der Waals surface area contributed by atoms with Crippen LogP contribution >= 0.6 is 23.1 Å². The molecule has 0 saturated heterocycles. The Morgan fingerprint density at radius 2 is 2.30 bits per heavy atom. The lowest BCUT2D eigenvalue weighted by molar-refractivity contribution is 0.0555. The Morgan fingerprint density at radius 3 is 2.95 bits per heavy atom. The van der Waals surface area contributed by atoms with Crippen molar-refractivity contribution in [2.45, 2.75) is 17.6 Å². The van der Waals surface area contributed by atoms with Gasteiger partial charge in [0.15, 0.2) is 0 Å². The van der Waals surface area contributed by atoms with Crippen LogP contribution in [0.25, 0.3) is 0 Å². The molecular formula is C14H16N2O2S2. The minimum Gasteiger partial charge on any atom is -0.383 e. The van der Waals surface area contributed by atoms with Crippen molar-refractivity contribution >= 4 is 29.0 Å². The molecule has 0 aliphatic carbocycles. The molecule has 2 aromatic heterocycles. The molecule has 106 valence electrons. The first-order valence-corrected chi connectivity index (χ1v) is 8.18. The van der Waals surface area contributed by atoms with Gasteiger partial charge >= 0.3 is 0 Å². The molecule has 2 rings (SSSR count). The fraction of sp³-hybridized carbons (Fsp3) is 0.286. The number of carbonyl (C=O) groups excluding carboxylic acids is 1. The highest BCUT2D eigenvalue weighted by atomic mass is 32.2. The molecule has 0 aliphatic heterocycles. The van der Waals surface area contributed by atoms with Crippen LogP contribution in [-0.4, -0.2) is 28.8 Å². The fourth-order valence-corrected chi connectivity index (χ4v) is 3.08. The van der Waals surface area contributed by atoms with E-state index in [1.165, 1.54) is 23.1 Å². The Morgan fingerprint density at radius 1 is 1.50 bits per heavy atom. The summed E-state index contributed by atoms with van der Waals surface area (Å²) in [6, 6.07) is 7.19. The van der Waals surface area contributed by atoms with E-state index in [1.807, 2.05) is 23.8 Å². The second-order valence-corrected chi connectivity index (χ2v) is 6.24. The molecule has 0 fully saturated rings. The van der Waals surface area contributed by atoms with Crippen molar-refractivity contribution in [1.82, 2.24) is 10.3 Å². The summed E-state index contributed by atoms with van der Waals surface area (Å²) in [5.74, 6) is -0.223. The summed E-state index contributed by atoms with van der Waals surface area (Å²) in [5, 5.41) is 15.7. The Hall–Kier alpha value is -1.37. The molecular weight excluding hydrogens is 292 g/mol. The molecule has 0 aromatic carbocycles. The van der Waals surface area contributed by atoms with Crippen LogP contribution in [-0.2, 0) is 5.60 Å². The van der Waals surface area contributed by atoms with E-state index in [4.69, 9.17) is 0 Å². The minimum absolute atomic E-state index is 0.162. The quantitative estimate of drug-likeness (QED) is 0.833. The maximum atomic E-state index is 12.2. The van der Waals surface area contributed by atoms with Crippen LogP contribution in [0, 0.1) is 0 Å². The molecule has 1 amide bonds. The van der Waals surface area contributed by atoms with Gasteiger partial charge in [0.1, 0.15) is 10.6 Å². The van der Waals surface area contributed by atoms with Gasteiger partial charge < -0.3 is 10.4 Å². The number of thioether (sulfide) groups is 1. The largest absolute Gasteiger partial charge is 0.383 e. The zero-order valence-corrected chi connectivity index (χ0v) is 12.9. The average Bonchev–Trinajstić information content (AvgIpc) is 3.00. The minimum atomic E-state index is -1.06. The van der Waals surface area contributed by atoms with E-state index in [-0.39, 0.29) is 12.5 Å². The first-order chi connectivity index (χ1) is 9.54. The second kappa shape index (κ2) is 6.39. The highest BCUT2D eigenvalue weighted by molar-refractivity contribution is 7.98. The van der Waals surface area contributed by atoms with Crippen LogP contribution in [0.2, 0.25) is 0 Å². The van der Waals surface area contributed by atoms with E-state index in [0.717, 1.165) is 4.88 Å². The van der Waals surface area contributed by atoms with Gasteiger partial charge in [0.25, 0.3) is 5.91 Å². The van der Waals surface area contributed by atoms with Crippen molar-refractivity contribution in [3.05, 3.63) is 46.3 Å². The van der Waals surface area contributed by atoms with Gasteiger partial charge in [0.05, 0.1) is 12.1 Å². The molecule has 2 N–H and O–H groups in total. The molecule has 20 heavy (non-hydrogen) atoms. The van der Waals surface area contributed by atoms with E-state index < -0.39 is 5.60 Å². The molecule has 0 unspecified atom stereocenters. The standard InChI is InChI=1S/C14H16N2O2S2/c1-14(18,11-6-4-8-20-11)9-16-12(17)10-5-3-7-15-13(10)19-2/h3-8,18H,9H2,1-2H3,(H,16,17)/t14-/m0/s1. The van der Waals surface area contributed by atoms with Crippen LogP contribution in [0.4, 0.5) is 0 Å².